The summed E-state index contributed by atoms with van der Waals surface area (Å²) in [7, 11) is 0. The number of aryl methyl sites for hydroxylation is 1. The molecule has 3 aromatic rings. The summed E-state index contributed by atoms with van der Waals surface area (Å²) in [6.45, 7) is 2.55. The zero-order valence-corrected chi connectivity index (χ0v) is 16.5. The highest BCUT2D eigenvalue weighted by Gasteiger charge is 2.30. The number of nitrogens with one attached hydrogen (secondary N) is 2. The van der Waals surface area contributed by atoms with E-state index in [0.717, 1.165) is 33.3 Å². The van der Waals surface area contributed by atoms with Crippen LogP contribution in [0.15, 0.2) is 41.8 Å². The third kappa shape index (κ3) is 3.94. The standard InChI is InChI=1S/C20H19N3O2S2/c1-12-22-17(11-26-12)18-7-6-13(27-18)8-9-21-20(25)15-10-19(24)23-16-5-3-2-4-14(15)16/h2-7,11,15H,8-10H2,1H3,(H,21,25)(H,23,24). The molecular weight excluding hydrogens is 378 g/mol. The Bertz CT molecular complexity index is 993. The number of amides is 2. The topological polar surface area (TPSA) is 71.1 Å². The van der Waals surface area contributed by atoms with Crippen LogP contribution in [0.25, 0.3) is 10.6 Å². The number of hydrogen-bond acceptors (Lipinski definition) is 5. The number of carbonyl (C=O) groups is 2. The summed E-state index contributed by atoms with van der Waals surface area (Å²) in [6.07, 6.45) is 0.954. The van der Waals surface area contributed by atoms with Crippen LogP contribution >= 0.6 is 22.7 Å². The molecule has 5 nitrogen and oxygen atoms in total. The maximum atomic E-state index is 12.6. The van der Waals surface area contributed by atoms with Crippen molar-refractivity contribution in [2.75, 3.05) is 11.9 Å². The van der Waals surface area contributed by atoms with Crippen molar-refractivity contribution in [3.63, 3.8) is 0 Å². The predicted molar refractivity (Wildman–Crippen MR) is 109 cm³/mol. The lowest BCUT2D eigenvalue weighted by molar-refractivity contribution is -0.126. The van der Waals surface area contributed by atoms with Gasteiger partial charge in [-0.25, -0.2) is 4.98 Å². The lowest BCUT2D eigenvalue weighted by Crippen LogP contribution is -2.35. The summed E-state index contributed by atoms with van der Waals surface area (Å²) < 4.78 is 0. The number of fused-ring (bicyclic) bond motifs is 1. The van der Waals surface area contributed by atoms with Crippen molar-refractivity contribution in [3.05, 3.63) is 57.2 Å². The Balaban J connectivity index is 1.36. The van der Waals surface area contributed by atoms with Crippen LogP contribution in [0, 0.1) is 6.92 Å². The summed E-state index contributed by atoms with van der Waals surface area (Å²) in [6, 6.07) is 11.7. The van der Waals surface area contributed by atoms with E-state index in [9.17, 15) is 9.59 Å². The Morgan fingerprint density at radius 1 is 1.30 bits per heavy atom. The van der Waals surface area contributed by atoms with Gasteiger partial charge in [-0.1, -0.05) is 18.2 Å². The van der Waals surface area contributed by atoms with Crippen molar-refractivity contribution in [1.82, 2.24) is 10.3 Å². The van der Waals surface area contributed by atoms with Gasteiger partial charge in [0.25, 0.3) is 0 Å². The first-order chi connectivity index (χ1) is 13.1. The fraction of sp³-hybridized carbons (Fsp3) is 0.250. The van der Waals surface area contributed by atoms with E-state index < -0.39 is 5.92 Å². The van der Waals surface area contributed by atoms with Gasteiger partial charge in [0.05, 0.1) is 21.5 Å². The lowest BCUT2D eigenvalue weighted by Gasteiger charge is -2.24. The van der Waals surface area contributed by atoms with Gasteiger partial charge in [-0.05, 0) is 37.1 Å². The number of aromatic nitrogens is 1. The van der Waals surface area contributed by atoms with Crippen LogP contribution in [-0.2, 0) is 16.0 Å². The van der Waals surface area contributed by atoms with E-state index in [1.54, 1.807) is 22.7 Å². The minimum Gasteiger partial charge on any atom is -0.355 e. The molecule has 0 fully saturated rings. The Morgan fingerprint density at radius 2 is 2.15 bits per heavy atom. The van der Waals surface area contributed by atoms with Crippen molar-refractivity contribution in [2.45, 2.75) is 25.7 Å². The van der Waals surface area contributed by atoms with E-state index in [2.05, 4.69) is 33.1 Å². The summed E-state index contributed by atoms with van der Waals surface area (Å²) in [5, 5.41) is 8.94. The SMILES string of the molecule is Cc1nc(-c2ccc(CCNC(=O)C3CC(=O)Nc4ccccc43)s2)cs1. The minimum absolute atomic E-state index is 0.0933. The lowest BCUT2D eigenvalue weighted by atomic mass is 9.90. The molecule has 0 bridgehead atoms. The van der Waals surface area contributed by atoms with Crippen LogP contribution in [0.2, 0.25) is 0 Å². The molecule has 0 aliphatic carbocycles. The molecule has 2 N–H and O–H groups in total. The molecule has 3 heterocycles. The van der Waals surface area contributed by atoms with Crippen molar-refractivity contribution < 1.29 is 9.59 Å². The van der Waals surface area contributed by atoms with Crippen LogP contribution in [0.5, 0.6) is 0 Å². The molecule has 0 saturated carbocycles. The van der Waals surface area contributed by atoms with Crippen molar-refractivity contribution in [2.24, 2.45) is 0 Å². The summed E-state index contributed by atoms with van der Waals surface area (Å²) in [4.78, 5) is 31.4. The smallest absolute Gasteiger partial charge is 0.228 e. The Kier molecular flexibility index (Phi) is 5.05. The van der Waals surface area contributed by atoms with E-state index in [-0.39, 0.29) is 18.2 Å². The summed E-state index contributed by atoms with van der Waals surface area (Å²) in [5.41, 5.74) is 2.63. The first-order valence-electron chi connectivity index (χ1n) is 8.78. The Morgan fingerprint density at radius 3 is 2.96 bits per heavy atom. The molecule has 1 aliphatic rings. The molecule has 0 spiro atoms. The number of para-hydroxylation sites is 1. The average molecular weight is 398 g/mol. The highest BCUT2D eigenvalue weighted by Crippen LogP contribution is 2.32. The van der Waals surface area contributed by atoms with Gasteiger partial charge in [-0.15, -0.1) is 22.7 Å². The van der Waals surface area contributed by atoms with Crippen molar-refractivity contribution in [1.29, 1.82) is 0 Å². The van der Waals surface area contributed by atoms with Gasteiger partial charge in [-0.3, -0.25) is 9.59 Å². The van der Waals surface area contributed by atoms with Crippen LogP contribution in [-0.4, -0.2) is 23.3 Å². The summed E-state index contributed by atoms with van der Waals surface area (Å²) in [5.74, 6) is -0.633. The van der Waals surface area contributed by atoms with Gasteiger partial charge in [-0.2, -0.15) is 0 Å². The number of rotatable bonds is 5. The van der Waals surface area contributed by atoms with Gasteiger partial charge in [0.2, 0.25) is 11.8 Å². The zero-order valence-electron chi connectivity index (χ0n) is 14.8. The van der Waals surface area contributed by atoms with Gasteiger partial charge in [0.1, 0.15) is 0 Å². The van der Waals surface area contributed by atoms with Gasteiger partial charge >= 0.3 is 0 Å². The van der Waals surface area contributed by atoms with Crippen LogP contribution in [0.3, 0.4) is 0 Å². The fourth-order valence-corrected chi connectivity index (χ4v) is 4.86. The Labute approximate surface area is 165 Å². The Hall–Kier alpha value is -2.51. The van der Waals surface area contributed by atoms with E-state index in [4.69, 9.17) is 0 Å². The third-order valence-electron chi connectivity index (χ3n) is 4.52. The zero-order chi connectivity index (χ0) is 18.8. The summed E-state index contributed by atoms with van der Waals surface area (Å²) >= 11 is 3.35. The molecule has 4 rings (SSSR count). The molecule has 0 radical (unpaired) electrons. The molecule has 2 amide bonds. The number of nitrogens with zero attached hydrogens (tertiary/aromatic N) is 1. The van der Waals surface area contributed by atoms with Gasteiger partial charge < -0.3 is 10.6 Å². The number of anilines is 1. The van der Waals surface area contributed by atoms with Crippen LogP contribution in [0.1, 0.15) is 27.8 Å². The number of thiophene rings is 1. The largest absolute Gasteiger partial charge is 0.355 e. The normalized spacial score (nSPS) is 15.9. The van der Waals surface area contributed by atoms with Gasteiger partial charge in [0.15, 0.2) is 0 Å². The number of benzene rings is 1. The van der Waals surface area contributed by atoms with E-state index >= 15 is 0 Å². The fourth-order valence-electron chi connectivity index (χ4n) is 3.20. The molecular formula is C20H19N3O2S2. The van der Waals surface area contributed by atoms with Crippen LogP contribution < -0.4 is 10.6 Å². The monoisotopic (exact) mass is 397 g/mol. The number of hydrogen-bond donors (Lipinski definition) is 2. The molecule has 7 heteroatoms. The second-order valence-corrected chi connectivity index (χ2v) is 8.68. The average Bonchev–Trinajstić information content (AvgIpc) is 3.29. The van der Waals surface area contributed by atoms with Crippen molar-refractivity contribution in [3.8, 4) is 10.6 Å². The molecule has 0 saturated heterocycles. The third-order valence-corrected chi connectivity index (χ3v) is 6.46. The van der Waals surface area contributed by atoms with E-state index in [0.29, 0.717) is 6.54 Å². The highest BCUT2D eigenvalue weighted by atomic mass is 32.1. The van der Waals surface area contributed by atoms with E-state index in [1.165, 1.54) is 4.88 Å². The predicted octanol–water partition coefficient (Wildman–Crippen LogP) is 3.96. The van der Waals surface area contributed by atoms with E-state index in [1.807, 2.05) is 31.2 Å². The molecule has 2 aromatic heterocycles. The first kappa shape index (κ1) is 17.9. The number of carbonyl (C=O) groups excluding carboxylic acids is 2. The molecule has 27 heavy (non-hydrogen) atoms. The molecule has 1 unspecified atom stereocenters. The highest BCUT2D eigenvalue weighted by molar-refractivity contribution is 7.16. The second kappa shape index (κ2) is 7.62. The van der Waals surface area contributed by atoms with Crippen LogP contribution in [0.4, 0.5) is 5.69 Å². The molecule has 1 aliphatic heterocycles. The molecule has 1 atom stereocenters. The second-order valence-electron chi connectivity index (χ2n) is 6.45. The first-order valence-corrected chi connectivity index (χ1v) is 10.5. The quantitative estimate of drug-likeness (QED) is 0.684. The maximum absolute atomic E-state index is 12.6. The minimum atomic E-state index is -0.424. The van der Waals surface area contributed by atoms with Gasteiger partial charge in [0, 0.05) is 28.9 Å². The molecule has 1 aromatic carbocycles. The van der Waals surface area contributed by atoms with Crippen molar-refractivity contribution >= 4 is 40.2 Å². The number of thiazole rings is 1. The molecule has 138 valence electrons. The maximum Gasteiger partial charge on any atom is 0.228 e.